The van der Waals surface area contributed by atoms with E-state index in [0.29, 0.717) is 13.2 Å². The Balaban J connectivity index is 2.37. The number of ether oxygens (including phenoxy) is 2. The Labute approximate surface area is 95.7 Å². The zero-order valence-corrected chi connectivity index (χ0v) is 10.3. The molecule has 1 saturated heterocycles. The first-order valence-electron chi connectivity index (χ1n) is 5.51. The Hall–Kier alpha value is -1.10. The average Bonchev–Trinajstić information content (AvgIpc) is 2.13. The summed E-state index contributed by atoms with van der Waals surface area (Å²) >= 11 is 0. The van der Waals surface area contributed by atoms with Gasteiger partial charge in [-0.15, -0.1) is 0 Å². The van der Waals surface area contributed by atoms with E-state index in [4.69, 9.17) is 9.47 Å². The number of carbonyl (C=O) groups is 2. The SMILES string of the molecule is CCCOC1CN(C(=O)OC(C)(C)C)C1=O. The van der Waals surface area contributed by atoms with Crippen molar-refractivity contribution in [2.75, 3.05) is 13.2 Å². The van der Waals surface area contributed by atoms with Crippen molar-refractivity contribution in [2.24, 2.45) is 0 Å². The van der Waals surface area contributed by atoms with Crippen molar-refractivity contribution in [3.05, 3.63) is 0 Å². The molecule has 0 saturated carbocycles. The van der Waals surface area contributed by atoms with Gasteiger partial charge in [-0.25, -0.2) is 9.69 Å². The fourth-order valence-electron chi connectivity index (χ4n) is 1.26. The standard InChI is InChI=1S/C11H19NO4/c1-5-6-15-8-7-12(9(8)13)10(14)16-11(2,3)4/h8H,5-7H2,1-4H3. The van der Waals surface area contributed by atoms with Crippen LogP contribution in [0.25, 0.3) is 0 Å². The largest absolute Gasteiger partial charge is 0.443 e. The van der Waals surface area contributed by atoms with Crippen LogP contribution in [0.15, 0.2) is 0 Å². The second-order valence-electron chi connectivity index (χ2n) is 4.79. The normalized spacial score (nSPS) is 20.6. The van der Waals surface area contributed by atoms with Gasteiger partial charge in [0.05, 0.1) is 6.54 Å². The molecule has 5 nitrogen and oxygen atoms in total. The predicted octanol–water partition coefficient (Wildman–Crippen LogP) is 1.56. The van der Waals surface area contributed by atoms with E-state index >= 15 is 0 Å². The number of imide groups is 1. The summed E-state index contributed by atoms with van der Waals surface area (Å²) in [6.45, 7) is 8.10. The van der Waals surface area contributed by atoms with Crippen molar-refractivity contribution in [3.63, 3.8) is 0 Å². The highest BCUT2D eigenvalue weighted by molar-refractivity contribution is 5.99. The smallest absolute Gasteiger partial charge is 0.417 e. The first-order chi connectivity index (χ1) is 7.35. The number of amides is 2. The molecule has 1 atom stereocenters. The zero-order chi connectivity index (χ0) is 12.3. The molecule has 16 heavy (non-hydrogen) atoms. The molecule has 0 aromatic carbocycles. The second-order valence-corrected chi connectivity index (χ2v) is 4.79. The number of hydrogen-bond donors (Lipinski definition) is 0. The number of hydrogen-bond acceptors (Lipinski definition) is 4. The topological polar surface area (TPSA) is 55.8 Å². The van der Waals surface area contributed by atoms with Crippen LogP contribution in [0.2, 0.25) is 0 Å². The lowest BCUT2D eigenvalue weighted by Gasteiger charge is -2.36. The van der Waals surface area contributed by atoms with Gasteiger partial charge in [0.15, 0.2) is 6.10 Å². The van der Waals surface area contributed by atoms with Gasteiger partial charge in [-0.3, -0.25) is 4.79 Å². The van der Waals surface area contributed by atoms with Gasteiger partial charge in [0.2, 0.25) is 0 Å². The van der Waals surface area contributed by atoms with Gasteiger partial charge in [0.25, 0.3) is 5.91 Å². The first kappa shape index (κ1) is 13.0. The summed E-state index contributed by atoms with van der Waals surface area (Å²) < 4.78 is 10.3. The maximum Gasteiger partial charge on any atom is 0.417 e. The van der Waals surface area contributed by atoms with E-state index in [0.717, 1.165) is 11.3 Å². The molecule has 2 amide bonds. The minimum Gasteiger partial charge on any atom is -0.443 e. The minimum atomic E-state index is -0.589. The van der Waals surface area contributed by atoms with Crippen LogP contribution in [0.3, 0.4) is 0 Å². The molecule has 0 radical (unpaired) electrons. The Morgan fingerprint density at radius 1 is 1.50 bits per heavy atom. The van der Waals surface area contributed by atoms with E-state index in [2.05, 4.69) is 0 Å². The second kappa shape index (κ2) is 4.82. The van der Waals surface area contributed by atoms with E-state index in [-0.39, 0.29) is 5.91 Å². The van der Waals surface area contributed by atoms with Crippen molar-refractivity contribution in [1.29, 1.82) is 0 Å². The molecule has 1 aliphatic rings. The average molecular weight is 229 g/mol. The lowest BCUT2D eigenvalue weighted by Crippen LogP contribution is -2.60. The van der Waals surface area contributed by atoms with Crippen LogP contribution in [-0.4, -0.2) is 41.8 Å². The van der Waals surface area contributed by atoms with Crippen LogP contribution in [0, 0.1) is 0 Å². The molecule has 0 aliphatic carbocycles. The lowest BCUT2D eigenvalue weighted by molar-refractivity contribution is -0.159. The molecule has 1 unspecified atom stereocenters. The van der Waals surface area contributed by atoms with Crippen molar-refractivity contribution in [2.45, 2.75) is 45.8 Å². The van der Waals surface area contributed by atoms with Gasteiger partial charge in [0, 0.05) is 6.61 Å². The summed E-state index contributed by atoms with van der Waals surface area (Å²) in [5.41, 5.74) is -0.577. The maximum atomic E-state index is 11.5. The van der Waals surface area contributed by atoms with E-state index in [1.165, 1.54) is 0 Å². The van der Waals surface area contributed by atoms with E-state index in [1.54, 1.807) is 20.8 Å². The Morgan fingerprint density at radius 3 is 2.56 bits per heavy atom. The van der Waals surface area contributed by atoms with Crippen LogP contribution in [0.5, 0.6) is 0 Å². The molecule has 1 fully saturated rings. The van der Waals surface area contributed by atoms with Crippen LogP contribution < -0.4 is 0 Å². The summed E-state index contributed by atoms with van der Waals surface area (Å²) in [7, 11) is 0. The summed E-state index contributed by atoms with van der Waals surface area (Å²) in [5, 5.41) is 0. The van der Waals surface area contributed by atoms with Gasteiger partial charge >= 0.3 is 6.09 Å². The van der Waals surface area contributed by atoms with Crippen LogP contribution in [-0.2, 0) is 14.3 Å². The molecule has 1 rings (SSSR count). The monoisotopic (exact) mass is 229 g/mol. The van der Waals surface area contributed by atoms with Crippen molar-refractivity contribution < 1.29 is 19.1 Å². The number of carbonyl (C=O) groups excluding carboxylic acids is 2. The number of β-lactam (4-membered cyclic amide) rings is 1. The molecule has 1 heterocycles. The summed E-state index contributed by atoms with van der Waals surface area (Å²) in [5.74, 6) is -0.303. The molecule has 0 bridgehead atoms. The van der Waals surface area contributed by atoms with Gasteiger partial charge in [-0.1, -0.05) is 6.92 Å². The van der Waals surface area contributed by atoms with Gasteiger partial charge < -0.3 is 9.47 Å². The fraction of sp³-hybridized carbons (Fsp3) is 0.818. The minimum absolute atomic E-state index is 0.299. The van der Waals surface area contributed by atoms with Crippen molar-refractivity contribution in [1.82, 2.24) is 4.90 Å². The molecule has 0 aromatic heterocycles. The third-order valence-corrected chi connectivity index (χ3v) is 2.03. The third kappa shape index (κ3) is 3.20. The van der Waals surface area contributed by atoms with Crippen molar-refractivity contribution in [3.8, 4) is 0 Å². The highest BCUT2D eigenvalue weighted by Crippen LogP contribution is 2.18. The summed E-state index contributed by atoms with van der Waals surface area (Å²) in [6, 6.07) is 0. The Bertz CT molecular complexity index is 282. The van der Waals surface area contributed by atoms with E-state index < -0.39 is 17.8 Å². The molecule has 1 aliphatic heterocycles. The fourth-order valence-corrected chi connectivity index (χ4v) is 1.26. The molecule has 92 valence electrons. The van der Waals surface area contributed by atoms with Crippen molar-refractivity contribution >= 4 is 12.0 Å². The Kier molecular flexibility index (Phi) is 3.91. The van der Waals surface area contributed by atoms with E-state index in [9.17, 15) is 9.59 Å². The molecular weight excluding hydrogens is 210 g/mol. The highest BCUT2D eigenvalue weighted by Gasteiger charge is 2.43. The quantitative estimate of drug-likeness (QED) is 0.689. The number of rotatable bonds is 3. The molecule has 0 spiro atoms. The van der Waals surface area contributed by atoms with Gasteiger partial charge in [0.1, 0.15) is 5.60 Å². The van der Waals surface area contributed by atoms with Crippen LogP contribution in [0.4, 0.5) is 4.79 Å². The highest BCUT2D eigenvalue weighted by atomic mass is 16.6. The number of nitrogens with zero attached hydrogens (tertiary/aromatic N) is 1. The Morgan fingerprint density at radius 2 is 2.12 bits per heavy atom. The maximum absolute atomic E-state index is 11.5. The van der Waals surface area contributed by atoms with E-state index in [1.807, 2.05) is 6.92 Å². The summed E-state index contributed by atoms with van der Waals surface area (Å²) in [4.78, 5) is 24.1. The zero-order valence-electron chi connectivity index (χ0n) is 10.3. The molecule has 0 N–H and O–H groups in total. The lowest BCUT2D eigenvalue weighted by atomic mass is 10.1. The molecule has 5 heteroatoms. The predicted molar refractivity (Wildman–Crippen MR) is 58.0 cm³/mol. The summed E-state index contributed by atoms with van der Waals surface area (Å²) in [6.07, 6.45) is -0.197. The van der Waals surface area contributed by atoms with Crippen LogP contribution >= 0.6 is 0 Å². The first-order valence-corrected chi connectivity index (χ1v) is 5.51. The van der Waals surface area contributed by atoms with Gasteiger partial charge in [-0.05, 0) is 27.2 Å². The van der Waals surface area contributed by atoms with Crippen LogP contribution in [0.1, 0.15) is 34.1 Å². The van der Waals surface area contributed by atoms with Gasteiger partial charge in [-0.2, -0.15) is 0 Å². The third-order valence-electron chi connectivity index (χ3n) is 2.03. The molecular formula is C11H19NO4. The number of likely N-dealkylation sites (tertiary alicyclic amines) is 1. The molecule has 0 aromatic rings.